The average molecular weight is 478 g/mol. The molecular weight excluding hydrogens is 458 g/mol. The zero-order valence-corrected chi connectivity index (χ0v) is 19.2. The fourth-order valence-electron chi connectivity index (χ4n) is 2.82. The van der Waals surface area contributed by atoms with E-state index < -0.39 is 10.0 Å². The molecule has 31 heavy (non-hydrogen) atoms. The van der Waals surface area contributed by atoms with E-state index in [1.165, 1.54) is 27.4 Å². The molecule has 0 spiro atoms. The summed E-state index contributed by atoms with van der Waals surface area (Å²) in [6.45, 7) is 4.40. The summed E-state index contributed by atoms with van der Waals surface area (Å²) in [4.78, 5) is 1.09. The van der Waals surface area contributed by atoms with Gasteiger partial charge >= 0.3 is 0 Å². The van der Waals surface area contributed by atoms with Crippen molar-refractivity contribution < 1.29 is 17.3 Å². The highest BCUT2D eigenvalue weighted by Gasteiger charge is 2.22. The highest BCUT2D eigenvalue weighted by atomic mass is 32.2. The van der Waals surface area contributed by atoms with Gasteiger partial charge in [-0.3, -0.25) is 0 Å². The minimum Gasteiger partial charge on any atom is -0.419 e. The van der Waals surface area contributed by atoms with E-state index in [-0.39, 0.29) is 10.8 Å². The first-order chi connectivity index (χ1) is 15.0. The van der Waals surface area contributed by atoms with Gasteiger partial charge in [-0.25, -0.2) is 8.42 Å². The van der Waals surface area contributed by atoms with Gasteiger partial charge in [0, 0.05) is 18.7 Å². The molecule has 0 saturated heterocycles. The molecule has 0 atom stereocenters. The Bertz CT molecular complexity index is 1250. The predicted molar refractivity (Wildman–Crippen MR) is 117 cm³/mol. The first-order valence-corrected chi connectivity index (χ1v) is 12.7. The molecule has 0 saturated carbocycles. The van der Waals surface area contributed by atoms with Crippen molar-refractivity contribution in [2.75, 3.05) is 13.1 Å². The number of aromatic nitrogens is 4. The maximum Gasteiger partial charge on any atom is 0.277 e. The maximum atomic E-state index is 12.8. The Balaban J connectivity index is 1.47. The first kappa shape index (κ1) is 21.7. The average Bonchev–Trinajstić information content (AvgIpc) is 3.54. The van der Waals surface area contributed by atoms with Gasteiger partial charge in [0.1, 0.15) is 0 Å². The topological polar surface area (TPSA) is 115 Å². The second-order valence-electron chi connectivity index (χ2n) is 6.26. The number of thiophene rings is 1. The molecule has 9 nitrogen and oxygen atoms in total. The number of benzene rings is 1. The van der Waals surface area contributed by atoms with Crippen LogP contribution in [0.1, 0.15) is 19.7 Å². The molecule has 4 aromatic rings. The third-order valence-electron chi connectivity index (χ3n) is 4.35. The molecule has 4 rings (SSSR count). The maximum absolute atomic E-state index is 12.8. The summed E-state index contributed by atoms with van der Waals surface area (Å²) in [6, 6.07) is 10.3. The van der Waals surface area contributed by atoms with Crippen molar-refractivity contribution in [3.63, 3.8) is 0 Å². The second kappa shape index (κ2) is 9.30. The van der Waals surface area contributed by atoms with Crippen LogP contribution in [0.2, 0.25) is 0 Å². The summed E-state index contributed by atoms with van der Waals surface area (Å²) >= 11 is 2.78. The van der Waals surface area contributed by atoms with Crippen molar-refractivity contribution in [3.8, 4) is 22.2 Å². The van der Waals surface area contributed by atoms with E-state index in [4.69, 9.17) is 8.83 Å². The summed E-state index contributed by atoms with van der Waals surface area (Å²) < 4.78 is 38.3. The zero-order chi connectivity index (χ0) is 21.8. The van der Waals surface area contributed by atoms with E-state index in [0.29, 0.717) is 41.4 Å². The molecule has 0 fully saturated rings. The lowest BCUT2D eigenvalue weighted by molar-refractivity contribution is 0.445. The molecule has 3 aromatic heterocycles. The summed E-state index contributed by atoms with van der Waals surface area (Å²) in [5.41, 5.74) is 0.533. The van der Waals surface area contributed by atoms with Crippen LogP contribution in [0.4, 0.5) is 0 Å². The van der Waals surface area contributed by atoms with Crippen LogP contribution >= 0.6 is 23.1 Å². The number of sulfonamides is 1. The van der Waals surface area contributed by atoms with Crippen LogP contribution in [0.5, 0.6) is 0 Å². The molecule has 162 valence electrons. The minimum absolute atomic E-state index is 0.188. The van der Waals surface area contributed by atoms with Gasteiger partial charge < -0.3 is 8.83 Å². The van der Waals surface area contributed by atoms with Crippen LogP contribution in [-0.2, 0) is 15.8 Å². The second-order valence-corrected chi connectivity index (χ2v) is 10.1. The Morgan fingerprint density at radius 2 is 1.81 bits per heavy atom. The van der Waals surface area contributed by atoms with Crippen LogP contribution in [0.3, 0.4) is 0 Å². The molecular formula is C19H19N5O4S3. The van der Waals surface area contributed by atoms with E-state index >= 15 is 0 Å². The fourth-order valence-corrected chi connectivity index (χ4v) is 5.57. The predicted octanol–water partition coefficient (Wildman–Crippen LogP) is 4.17. The van der Waals surface area contributed by atoms with Crippen molar-refractivity contribution >= 4 is 33.1 Å². The number of hydrogen-bond acceptors (Lipinski definition) is 10. The molecule has 0 amide bonds. The largest absolute Gasteiger partial charge is 0.419 e. The summed E-state index contributed by atoms with van der Waals surface area (Å²) in [5, 5.41) is 18.4. The lowest BCUT2D eigenvalue weighted by Gasteiger charge is -2.18. The molecule has 1 aromatic carbocycles. The van der Waals surface area contributed by atoms with Gasteiger partial charge in [0.25, 0.3) is 11.1 Å². The Hall–Kier alpha value is -2.54. The van der Waals surface area contributed by atoms with Crippen LogP contribution in [0, 0.1) is 0 Å². The van der Waals surface area contributed by atoms with Crippen LogP contribution < -0.4 is 0 Å². The molecule has 0 bridgehead atoms. The van der Waals surface area contributed by atoms with Crippen LogP contribution in [0.15, 0.2) is 60.7 Å². The van der Waals surface area contributed by atoms with E-state index in [9.17, 15) is 8.42 Å². The van der Waals surface area contributed by atoms with Gasteiger partial charge in [-0.2, -0.15) is 4.31 Å². The highest BCUT2D eigenvalue weighted by molar-refractivity contribution is 7.98. The monoisotopic (exact) mass is 477 g/mol. The molecule has 3 heterocycles. The Morgan fingerprint density at radius 1 is 1.00 bits per heavy atom. The highest BCUT2D eigenvalue weighted by Crippen LogP contribution is 2.29. The van der Waals surface area contributed by atoms with Gasteiger partial charge in [0.05, 0.1) is 15.5 Å². The van der Waals surface area contributed by atoms with E-state index in [1.807, 2.05) is 17.5 Å². The fraction of sp³-hybridized carbons (Fsp3) is 0.263. The lowest BCUT2D eigenvalue weighted by Crippen LogP contribution is -2.30. The Labute approximate surface area is 187 Å². The van der Waals surface area contributed by atoms with Crippen molar-refractivity contribution in [2.24, 2.45) is 0 Å². The third kappa shape index (κ3) is 4.71. The van der Waals surface area contributed by atoms with Crippen molar-refractivity contribution in [1.29, 1.82) is 0 Å². The number of nitrogens with zero attached hydrogens (tertiary/aromatic N) is 5. The molecule has 12 heteroatoms. The van der Waals surface area contributed by atoms with E-state index in [2.05, 4.69) is 20.4 Å². The SMILES string of the molecule is CCN(CC)S(=O)(=O)c1cccc(-c2nnc(SCc3nnc(-c4cccs4)o3)o2)c1. The first-order valence-electron chi connectivity index (χ1n) is 9.44. The number of thioether (sulfide) groups is 1. The molecule has 0 unspecified atom stereocenters. The Morgan fingerprint density at radius 3 is 2.55 bits per heavy atom. The van der Waals surface area contributed by atoms with E-state index in [0.717, 1.165) is 4.88 Å². The molecule has 0 aliphatic rings. The minimum atomic E-state index is -3.58. The third-order valence-corrected chi connectivity index (χ3v) is 8.06. The molecule has 0 radical (unpaired) electrons. The van der Waals surface area contributed by atoms with Gasteiger partial charge in [-0.1, -0.05) is 37.7 Å². The summed E-state index contributed by atoms with van der Waals surface area (Å²) in [6.07, 6.45) is 0. The normalized spacial score (nSPS) is 12.0. The van der Waals surface area contributed by atoms with Crippen LogP contribution in [0.25, 0.3) is 22.2 Å². The Kier molecular flexibility index (Phi) is 6.51. The van der Waals surface area contributed by atoms with Crippen molar-refractivity contribution in [3.05, 3.63) is 47.7 Å². The molecule has 0 aliphatic carbocycles. The van der Waals surface area contributed by atoms with Crippen molar-refractivity contribution in [1.82, 2.24) is 24.7 Å². The summed E-state index contributed by atoms with van der Waals surface area (Å²) in [5.74, 6) is 1.53. The molecule has 0 aliphatic heterocycles. The van der Waals surface area contributed by atoms with Gasteiger partial charge in [-0.05, 0) is 29.6 Å². The number of rotatable bonds is 9. The van der Waals surface area contributed by atoms with Gasteiger partial charge in [0.15, 0.2) is 0 Å². The standard InChI is InChI=1S/C19H19N5O4S3/c1-3-24(4-2)31(25,26)14-8-5-7-13(11-14)17-21-23-19(28-17)30-12-16-20-22-18(27-16)15-9-6-10-29-15/h5-11H,3-4,12H2,1-2H3. The zero-order valence-electron chi connectivity index (χ0n) is 16.8. The summed E-state index contributed by atoms with van der Waals surface area (Å²) in [7, 11) is -3.58. The quantitative estimate of drug-likeness (QED) is 0.327. The number of hydrogen-bond donors (Lipinski definition) is 0. The lowest BCUT2D eigenvalue weighted by atomic mass is 10.2. The van der Waals surface area contributed by atoms with E-state index in [1.54, 1.807) is 38.1 Å². The van der Waals surface area contributed by atoms with Gasteiger partial charge in [0.2, 0.25) is 21.8 Å². The van der Waals surface area contributed by atoms with Crippen LogP contribution in [-0.4, -0.2) is 46.2 Å². The van der Waals surface area contributed by atoms with Gasteiger partial charge in [-0.15, -0.1) is 31.7 Å². The van der Waals surface area contributed by atoms with Crippen molar-refractivity contribution in [2.45, 2.75) is 29.7 Å². The smallest absolute Gasteiger partial charge is 0.277 e. The molecule has 0 N–H and O–H groups in total.